The van der Waals surface area contributed by atoms with Crippen molar-refractivity contribution in [2.45, 2.75) is 46.1 Å². The Kier molecular flexibility index (Phi) is 6.64. The number of nitrogens with one attached hydrogen (secondary N) is 1. The van der Waals surface area contributed by atoms with Gasteiger partial charge in [0.05, 0.1) is 13.0 Å². The number of likely N-dealkylation sites (tertiary alicyclic amines) is 1. The van der Waals surface area contributed by atoms with Gasteiger partial charge in [-0.2, -0.15) is 0 Å². The average Bonchev–Trinajstić information content (AvgIpc) is 2.57. The Morgan fingerprint density at radius 3 is 2.38 bits per heavy atom. The quantitative estimate of drug-likeness (QED) is 0.870. The first kappa shape index (κ1) is 18.3. The molecule has 132 valence electrons. The summed E-state index contributed by atoms with van der Waals surface area (Å²) < 4.78 is 5.40. The van der Waals surface area contributed by atoms with Crippen LogP contribution < -0.4 is 10.1 Å². The van der Waals surface area contributed by atoms with Crippen LogP contribution in [0.4, 0.5) is 0 Å². The summed E-state index contributed by atoms with van der Waals surface area (Å²) in [5.41, 5.74) is 0.975. The average molecular weight is 332 g/mol. The molecule has 0 bridgehead atoms. The number of hydrogen-bond donors (Lipinski definition) is 1. The summed E-state index contributed by atoms with van der Waals surface area (Å²) >= 11 is 0. The lowest BCUT2D eigenvalue weighted by atomic mass is 10.0. The Hall–Kier alpha value is -2.04. The monoisotopic (exact) mass is 332 g/mol. The van der Waals surface area contributed by atoms with Crippen molar-refractivity contribution in [2.24, 2.45) is 5.92 Å². The molecule has 0 saturated carbocycles. The summed E-state index contributed by atoms with van der Waals surface area (Å²) in [6.07, 6.45) is 2.03. The predicted molar refractivity (Wildman–Crippen MR) is 93.9 cm³/mol. The highest BCUT2D eigenvalue weighted by Gasteiger charge is 2.25. The maximum absolute atomic E-state index is 12.2. The fourth-order valence-corrected chi connectivity index (χ4v) is 2.94. The largest absolute Gasteiger partial charge is 0.494 e. The molecule has 0 aliphatic carbocycles. The van der Waals surface area contributed by atoms with E-state index in [2.05, 4.69) is 5.32 Å². The molecule has 0 spiro atoms. The lowest BCUT2D eigenvalue weighted by Crippen LogP contribution is -2.47. The molecule has 1 saturated heterocycles. The van der Waals surface area contributed by atoms with Crippen LogP contribution in [0.5, 0.6) is 5.75 Å². The summed E-state index contributed by atoms with van der Waals surface area (Å²) in [6, 6.07) is 7.80. The van der Waals surface area contributed by atoms with Gasteiger partial charge in [0.15, 0.2) is 0 Å². The standard InChI is InChI=1S/C19H28N2O3/c1-4-24-17-7-5-15(6-8-17)13-18(22)20-16-9-11-21(12-10-16)19(23)14(2)3/h5-8,14,16H,4,9-13H2,1-3H3,(H,20,22). The third-order valence-corrected chi connectivity index (χ3v) is 4.26. The number of amides is 2. The summed E-state index contributed by atoms with van der Waals surface area (Å²) in [5.74, 6) is 1.10. The number of ether oxygens (including phenoxy) is 1. The number of piperidine rings is 1. The van der Waals surface area contributed by atoms with Gasteiger partial charge in [0, 0.05) is 25.0 Å². The van der Waals surface area contributed by atoms with Gasteiger partial charge in [-0.15, -0.1) is 0 Å². The van der Waals surface area contributed by atoms with Gasteiger partial charge in [-0.25, -0.2) is 0 Å². The molecule has 0 atom stereocenters. The Morgan fingerprint density at radius 1 is 1.21 bits per heavy atom. The van der Waals surface area contributed by atoms with Crippen molar-refractivity contribution in [1.29, 1.82) is 0 Å². The third-order valence-electron chi connectivity index (χ3n) is 4.26. The molecule has 1 fully saturated rings. The van der Waals surface area contributed by atoms with Crippen molar-refractivity contribution in [2.75, 3.05) is 19.7 Å². The van der Waals surface area contributed by atoms with Crippen molar-refractivity contribution >= 4 is 11.8 Å². The zero-order valence-electron chi connectivity index (χ0n) is 14.9. The molecule has 1 aromatic carbocycles. The van der Waals surface area contributed by atoms with Gasteiger partial charge in [0.1, 0.15) is 5.75 Å². The van der Waals surface area contributed by atoms with Crippen molar-refractivity contribution in [3.05, 3.63) is 29.8 Å². The smallest absolute Gasteiger partial charge is 0.225 e. The molecule has 1 heterocycles. The van der Waals surface area contributed by atoms with E-state index in [4.69, 9.17) is 4.74 Å². The number of rotatable bonds is 6. The van der Waals surface area contributed by atoms with Gasteiger partial charge < -0.3 is 15.0 Å². The summed E-state index contributed by atoms with van der Waals surface area (Å²) in [4.78, 5) is 26.1. The Balaban J connectivity index is 1.76. The maximum Gasteiger partial charge on any atom is 0.225 e. The second kappa shape index (κ2) is 8.71. The van der Waals surface area contributed by atoms with E-state index >= 15 is 0 Å². The molecular formula is C19H28N2O3. The minimum Gasteiger partial charge on any atom is -0.494 e. The fraction of sp³-hybridized carbons (Fsp3) is 0.579. The van der Waals surface area contributed by atoms with E-state index in [0.29, 0.717) is 13.0 Å². The van der Waals surface area contributed by atoms with Crippen LogP contribution in [0.25, 0.3) is 0 Å². The van der Waals surface area contributed by atoms with Crippen molar-refractivity contribution in [3.8, 4) is 5.75 Å². The molecule has 0 unspecified atom stereocenters. The minimum atomic E-state index is 0.0350. The van der Waals surface area contributed by atoms with Gasteiger partial charge in [-0.05, 0) is 37.5 Å². The van der Waals surface area contributed by atoms with Crippen LogP contribution in [0, 0.1) is 5.92 Å². The molecular weight excluding hydrogens is 304 g/mol. The van der Waals surface area contributed by atoms with E-state index in [1.807, 2.05) is 49.9 Å². The molecule has 24 heavy (non-hydrogen) atoms. The van der Waals surface area contributed by atoms with Gasteiger partial charge >= 0.3 is 0 Å². The Labute approximate surface area is 144 Å². The van der Waals surface area contributed by atoms with Gasteiger partial charge in [0.2, 0.25) is 11.8 Å². The molecule has 1 aliphatic rings. The Morgan fingerprint density at radius 2 is 1.83 bits per heavy atom. The predicted octanol–water partition coefficient (Wildman–Crippen LogP) is 2.39. The molecule has 0 aromatic heterocycles. The zero-order chi connectivity index (χ0) is 17.5. The topological polar surface area (TPSA) is 58.6 Å². The molecule has 5 heteroatoms. The number of carbonyl (C=O) groups excluding carboxylic acids is 2. The van der Waals surface area contributed by atoms with E-state index in [1.54, 1.807) is 0 Å². The highest BCUT2D eigenvalue weighted by atomic mass is 16.5. The van der Waals surface area contributed by atoms with Gasteiger partial charge in [0.25, 0.3) is 0 Å². The van der Waals surface area contributed by atoms with E-state index in [1.165, 1.54) is 0 Å². The van der Waals surface area contributed by atoms with Crippen LogP contribution in [0.2, 0.25) is 0 Å². The van der Waals surface area contributed by atoms with Gasteiger partial charge in [-0.3, -0.25) is 9.59 Å². The number of nitrogens with zero attached hydrogens (tertiary/aromatic N) is 1. The lowest BCUT2D eigenvalue weighted by Gasteiger charge is -2.33. The first-order chi connectivity index (χ1) is 11.5. The van der Waals surface area contributed by atoms with Crippen molar-refractivity contribution in [1.82, 2.24) is 10.2 Å². The van der Waals surface area contributed by atoms with Gasteiger partial charge in [-0.1, -0.05) is 26.0 Å². The summed E-state index contributed by atoms with van der Waals surface area (Å²) in [7, 11) is 0. The third kappa shape index (κ3) is 5.25. The Bertz CT molecular complexity index is 546. The first-order valence-electron chi connectivity index (χ1n) is 8.79. The van der Waals surface area contributed by atoms with Crippen LogP contribution in [0.3, 0.4) is 0 Å². The van der Waals surface area contributed by atoms with Crippen LogP contribution in [0.1, 0.15) is 39.2 Å². The molecule has 5 nitrogen and oxygen atoms in total. The second-order valence-corrected chi connectivity index (χ2v) is 6.58. The molecule has 0 radical (unpaired) electrons. The van der Waals surface area contributed by atoms with E-state index in [9.17, 15) is 9.59 Å². The van der Waals surface area contributed by atoms with Crippen LogP contribution in [-0.4, -0.2) is 42.5 Å². The molecule has 1 aromatic rings. The zero-order valence-corrected chi connectivity index (χ0v) is 14.9. The van der Waals surface area contributed by atoms with Crippen LogP contribution >= 0.6 is 0 Å². The maximum atomic E-state index is 12.2. The van der Waals surface area contributed by atoms with E-state index in [0.717, 1.165) is 37.2 Å². The number of carbonyl (C=O) groups is 2. The van der Waals surface area contributed by atoms with Crippen molar-refractivity contribution in [3.63, 3.8) is 0 Å². The fourth-order valence-electron chi connectivity index (χ4n) is 2.94. The summed E-state index contributed by atoms with van der Waals surface area (Å²) in [5, 5.41) is 3.09. The SMILES string of the molecule is CCOc1ccc(CC(=O)NC2CCN(C(=O)C(C)C)CC2)cc1. The molecule has 2 rings (SSSR count). The first-order valence-corrected chi connectivity index (χ1v) is 8.79. The molecule has 2 amide bonds. The highest BCUT2D eigenvalue weighted by Crippen LogP contribution is 2.15. The normalized spacial score (nSPS) is 15.4. The number of hydrogen-bond acceptors (Lipinski definition) is 3. The van der Waals surface area contributed by atoms with E-state index in [-0.39, 0.29) is 23.8 Å². The highest BCUT2D eigenvalue weighted by molar-refractivity contribution is 5.79. The van der Waals surface area contributed by atoms with Crippen LogP contribution in [0.15, 0.2) is 24.3 Å². The van der Waals surface area contributed by atoms with Crippen molar-refractivity contribution < 1.29 is 14.3 Å². The molecule has 1 aliphatic heterocycles. The lowest BCUT2D eigenvalue weighted by molar-refractivity contribution is -0.135. The number of benzene rings is 1. The molecule has 1 N–H and O–H groups in total. The second-order valence-electron chi connectivity index (χ2n) is 6.58. The summed E-state index contributed by atoms with van der Waals surface area (Å²) in [6.45, 7) is 7.88. The van der Waals surface area contributed by atoms with E-state index < -0.39 is 0 Å². The minimum absolute atomic E-state index is 0.0350. The van der Waals surface area contributed by atoms with Crippen LogP contribution in [-0.2, 0) is 16.0 Å².